The van der Waals surface area contributed by atoms with Crippen molar-refractivity contribution in [2.45, 2.75) is 6.54 Å². The summed E-state index contributed by atoms with van der Waals surface area (Å²) in [5, 5.41) is 2.82. The third-order valence-electron chi connectivity index (χ3n) is 2.36. The molecule has 19 heavy (non-hydrogen) atoms. The van der Waals surface area contributed by atoms with Crippen LogP contribution in [-0.2, 0) is 6.54 Å². The number of halogens is 3. The number of pyridine rings is 1. The first-order valence-corrected chi connectivity index (χ1v) is 5.52. The molecule has 1 aromatic heterocycles. The minimum absolute atomic E-state index is 0.0706. The summed E-state index contributed by atoms with van der Waals surface area (Å²) in [6.45, 7) is 0.308. The standard InChI is InChI=1S/C13H11F3N2O/c1-17-6-8-4-10(15)7-18-13(8)19-12-3-2-9(14)5-11(12)16/h2-5,7,17H,6H2,1H3. The molecule has 0 fully saturated rings. The van der Waals surface area contributed by atoms with Gasteiger partial charge in [0.15, 0.2) is 11.6 Å². The molecule has 0 bridgehead atoms. The molecule has 1 N–H and O–H groups in total. The SMILES string of the molecule is CNCc1cc(F)cnc1Oc1ccc(F)cc1F. The predicted molar refractivity (Wildman–Crippen MR) is 63.4 cm³/mol. The van der Waals surface area contributed by atoms with Crippen molar-refractivity contribution in [3.8, 4) is 11.6 Å². The third kappa shape index (κ3) is 3.23. The Morgan fingerprint density at radius 1 is 1.16 bits per heavy atom. The molecule has 1 heterocycles. The number of hydrogen-bond donors (Lipinski definition) is 1. The molecular weight excluding hydrogens is 257 g/mol. The Hall–Kier alpha value is -2.08. The highest BCUT2D eigenvalue weighted by molar-refractivity contribution is 5.33. The maximum Gasteiger partial charge on any atom is 0.224 e. The van der Waals surface area contributed by atoms with Crippen LogP contribution in [-0.4, -0.2) is 12.0 Å². The van der Waals surface area contributed by atoms with E-state index in [2.05, 4.69) is 10.3 Å². The Labute approximate surface area is 108 Å². The zero-order chi connectivity index (χ0) is 13.8. The van der Waals surface area contributed by atoms with Gasteiger partial charge in [-0.25, -0.2) is 18.2 Å². The van der Waals surface area contributed by atoms with Crippen molar-refractivity contribution in [2.24, 2.45) is 0 Å². The van der Waals surface area contributed by atoms with Crippen molar-refractivity contribution in [3.63, 3.8) is 0 Å². The summed E-state index contributed by atoms with van der Waals surface area (Å²) in [6.07, 6.45) is 0.968. The molecule has 0 saturated heterocycles. The van der Waals surface area contributed by atoms with Crippen molar-refractivity contribution >= 4 is 0 Å². The van der Waals surface area contributed by atoms with E-state index in [4.69, 9.17) is 4.74 Å². The van der Waals surface area contributed by atoms with Crippen LogP contribution in [0.25, 0.3) is 0 Å². The Balaban J connectivity index is 2.32. The van der Waals surface area contributed by atoms with E-state index >= 15 is 0 Å². The van der Waals surface area contributed by atoms with Crippen LogP contribution < -0.4 is 10.1 Å². The summed E-state index contributed by atoms with van der Waals surface area (Å²) < 4.78 is 44.5. The number of rotatable bonds is 4. The van der Waals surface area contributed by atoms with Gasteiger partial charge in [-0.15, -0.1) is 0 Å². The molecule has 0 amide bonds. The molecule has 0 aliphatic rings. The summed E-state index contributed by atoms with van der Waals surface area (Å²) in [4.78, 5) is 3.76. The second-order valence-corrected chi connectivity index (χ2v) is 3.82. The van der Waals surface area contributed by atoms with Crippen molar-refractivity contribution < 1.29 is 17.9 Å². The normalized spacial score (nSPS) is 10.5. The Bertz CT molecular complexity index is 590. The van der Waals surface area contributed by atoms with E-state index in [0.717, 1.165) is 18.3 Å². The lowest BCUT2D eigenvalue weighted by Gasteiger charge is -2.10. The van der Waals surface area contributed by atoms with E-state index in [9.17, 15) is 13.2 Å². The molecule has 6 heteroatoms. The van der Waals surface area contributed by atoms with Gasteiger partial charge in [-0.3, -0.25) is 0 Å². The molecule has 1 aromatic carbocycles. The molecule has 0 radical (unpaired) electrons. The van der Waals surface area contributed by atoms with Gasteiger partial charge < -0.3 is 10.1 Å². The lowest BCUT2D eigenvalue weighted by Crippen LogP contribution is -2.08. The van der Waals surface area contributed by atoms with Gasteiger partial charge in [0.2, 0.25) is 5.88 Å². The summed E-state index contributed by atoms with van der Waals surface area (Å²) in [7, 11) is 1.67. The van der Waals surface area contributed by atoms with E-state index in [1.54, 1.807) is 7.05 Å². The van der Waals surface area contributed by atoms with Crippen molar-refractivity contribution in [1.82, 2.24) is 10.3 Å². The van der Waals surface area contributed by atoms with Crippen LogP contribution in [0, 0.1) is 17.5 Å². The highest BCUT2D eigenvalue weighted by Gasteiger charge is 2.11. The topological polar surface area (TPSA) is 34.2 Å². The fraction of sp³-hybridized carbons (Fsp3) is 0.154. The van der Waals surface area contributed by atoms with Gasteiger partial charge in [0.1, 0.15) is 11.6 Å². The van der Waals surface area contributed by atoms with E-state index in [1.165, 1.54) is 6.07 Å². The van der Waals surface area contributed by atoms with Gasteiger partial charge in [-0.05, 0) is 25.2 Å². The van der Waals surface area contributed by atoms with Crippen LogP contribution >= 0.6 is 0 Å². The average Bonchev–Trinajstić information content (AvgIpc) is 2.36. The average molecular weight is 268 g/mol. The smallest absolute Gasteiger partial charge is 0.224 e. The number of nitrogens with zero attached hydrogens (tertiary/aromatic N) is 1. The highest BCUT2D eigenvalue weighted by atomic mass is 19.1. The van der Waals surface area contributed by atoms with Crippen LogP contribution in [0.15, 0.2) is 30.5 Å². The molecule has 0 spiro atoms. The summed E-state index contributed by atoms with van der Waals surface area (Å²) in [5.74, 6) is -2.16. The first-order chi connectivity index (χ1) is 9.10. The fourth-order valence-electron chi connectivity index (χ4n) is 1.54. The van der Waals surface area contributed by atoms with E-state index in [1.807, 2.05) is 0 Å². The van der Waals surface area contributed by atoms with Gasteiger partial charge in [0.25, 0.3) is 0 Å². The zero-order valence-corrected chi connectivity index (χ0v) is 10.1. The maximum atomic E-state index is 13.5. The van der Waals surface area contributed by atoms with Crippen LogP contribution in [0.5, 0.6) is 11.6 Å². The second kappa shape index (κ2) is 5.71. The zero-order valence-electron chi connectivity index (χ0n) is 10.1. The predicted octanol–water partition coefficient (Wildman–Crippen LogP) is 3.01. The van der Waals surface area contributed by atoms with Crippen molar-refractivity contribution in [3.05, 3.63) is 53.5 Å². The first-order valence-electron chi connectivity index (χ1n) is 5.52. The van der Waals surface area contributed by atoms with Gasteiger partial charge in [0, 0.05) is 18.2 Å². The maximum absolute atomic E-state index is 13.5. The summed E-state index contributed by atoms with van der Waals surface area (Å²) in [5.41, 5.74) is 0.436. The fourth-order valence-corrected chi connectivity index (χ4v) is 1.54. The first kappa shape index (κ1) is 13.4. The molecule has 0 aliphatic carbocycles. The van der Waals surface area contributed by atoms with Gasteiger partial charge in [-0.2, -0.15) is 0 Å². The number of benzene rings is 1. The Kier molecular flexibility index (Phi) is 4.01. The van der Waals surface area contributed by atoms with Crippen LogP contribution in [0.4, 0.5) is 13.2 Å². The molecule has 0 unspecified atom stereocenters. The largest absolute Gasteiger partial charge is 0.436 e. The molecule has 0 aliphatic heterocycles. The van der Waals surface area contributed by atoms with Crippen LogP contribution in [0.2, 0.25) is 0 Å². The molecule has 0 atom stereocenters. The number of nitrogens with one attached hydrogen (secondary N) is 1. The minimum atomic E-state index is -0.846. The molecule has 2 aromatic rings. The summed E-state index contributed by atoms with van der Waals surface area (Å²) >= 11 is 0. The highest BCUT2D eigenvalue weighted by Crippen LogP contribution is 2.26. The Morgan fingerprint density at radius 3 is 2.63 bits per heavy atom. The van der Waals surface area contributed by atoms with Crippen molar-refractivity contribution in [2.75, 3.05) is 7.05 Å². The number of aromatic nitrogens is 1. The van der Waals surface area contributed by atoms with Gasteiger partial charge >= 0.3 is 0 Å². The quantitative estimate of drug-likeness (QED) is 0.925. The van der Waals surface area contributed by atoms with E-state index in [0.29, 0.717) is 18.2 Å². The minimum Gasteiger partial charge on any atom is -0.436 e. The monoisotopic (exact) mass is 268 g/mol. The third-order valence-corrected chi connectivity index (χ3v) is 2.36. The molecule has 100 valence electrons. The summed E-state index contributed by atoms with van der Waals surface area (Å²) in [6, 6.07) is 4.16. The second-order valence-electron chi connectivity index (χ2n) is 3.82. The van der Waals surface area contributed by atoms with Crippen LogP contribution in [0.3, 0.4) is 0 Å². The van der Waals surface area contributed by atoms with Crippen molar-refractivity contribution in [1.29, 1.82) is 0 Å². The van der Waals surface area contributed by atoms with Crippen LogP contribution in [0.1, 0.15) is 5.56 Å². The van der Waals surface area contributed by atoms with Gasteiger partial charge in [-0.1, -0.05) is 0 Å². The lowest BCUT2D eigenvalue weighted by molar-refractivity contribution is 0.415. The molecule has 3 nitrogen and oxygen atoms in total. The molecular formula is C13H11F3N2O. The number of ether oxygens (including phenoxy) is 1. The number of hydrogen-bond acceptors (Lipinski definition) is 3. The molecule has 0 saturated carbocycles. The van der Waals surface area contributed by atoms with E-state index < -0.39 is 17.5 Å². The lowest BCUT2D eigenvalue weighted by atomic mass is 10.2. The Morgan fingerprint density at radius 2 is 1.95 bits per heavy atom. The molecule has 2 rings (SSSR count). The van der Waals surface area contributed by atoms with E-state index in [-0.39, 0.29) is 11.6 Å². The van der Waals surface area contributed by atoms with Gasteiger partial charge in [0.05, 0.1) is 6.20 Å².